The van der Waals surface area contributed by atoms with Gasteiger partial charge in [-0.1, -0.05) is 37.1 Å². The van der Waals surface area contributed by atoms with E-state index in [2.05, 4.69) is 11.9 Å². The van der Waals surface area contributed by atoms with Gasteiger partial charge in [-0.15, -0.1) is 6.58 Å². The number of carbonyl (C=O) groups is 1. The Labute approximate surface area is 115 Å². The summed E-state index contributed by atoms with van der Waals surface area (Å²) in [6.07, 6.45) is 6.45. The molecule has 0 heterocycles. The summed E-state index contributed by atoms with van der Waals surface area (Å²) in [7, 11) is 0. The number of rotatable bonds is 4. The zero-order chi connectivity index (χ0) is 13.7. The van der Waals surface area contributed by atoms with E-state index in [-0.39, 0.29) is 6.03 Å². The Kier molecular flexibility index (Phi) is 4.61. The average Bonchev–Trinajstić information content (AvgIpc) is 2.92. The van der Waals surface area contributed by atoms with Crippen LogP contribution >= 0.6 is 0 Å². The van der Waals surface area contributed by atoms with Crippen molar-refractivity contribution in [3.05, 3.63) is 42.5 Å². The molecule has 0 aliphatic heterocycles. The highest BCUT2D eigenvalue weighted by Gasteiger charge is 2.25. The summed E-state index contributed by atoms with van der Waals surface area (Å²) in [5.74, 6) is 0. The fraction of sp³-hybridized carbons (Fsp3) is 0.438. The lowest BCUT2D eigenvalue weighted by atomic mass is 10.2. The van der Waals surface area contributed by atoms with Crippen LogP contribution in [-0.4, -0.2) is 23.5 Å². The van der Waals surface area contributed by atoms with Crippen molar-refractivity contribution >= 4 is 11.7 Å². The molecule has 0 bridgehead atoms. The van der Waals surface area contributed by atoms with Gasteiger partial charge in [-0.3, -0.25) is 0 Å². The van der Waals surface area contributed by atoms with E-state index in [0.717, 1.165) is 24.1 Å². The number of benzene rings is 1. The number of nitrogens with zero attached hydrogens (tertiary/aromatic N) is 1. The summed E-state index contributed by atoms with van der Waals surface area (Å²) in [6.45, 7) is 6.37. The average molecular weight is 258 g/mol. The van der Waals surface area contributed by atoms with E-state index in [0.29, 0.717) is 12.6 Å². The molecule has 0 saturated heterocycles. The van der Waals surface area contributed by atoms with E-state index < -0.39 is 0 Å². The Hall–Kier alpha value is -1.77. The van der Waals surface area contributed by atoms with E-state index in [1.54, 1.807) is 6.08 Å². The highest BCUT2D eigenvalue weighted by atomic mass is 16.2. The van der Waals surface area contributed by atoms with Gasteiger partial charge in [0.2, 0.25) is 0 Å². The van der Waals surface area contributed by atoms with Gasteiger partial charge in [0, 0.05) is 18.3 Å². The number of urea groups is 1. The Balaban J connectivity index is 2.07. The fourth-order valence-corrected chi connectivity index (χ4v) is 2.65. The molecule has 3 heteroatoms. The first-order valence-electron chi connectivity index (χ1n) is 6.96. The van der Waals surface area contributed by atoms with Crippen molar-refractivity contribution in [1.82, 2.24) is 4.90 Å². The van der Waals surface area contributed by atoms with Crippen LogP contribution in [0.2, 0.25) is 0 Å². The minimum atomic E-state index is -0.0129. The molecular formula is C16H22N2O. The highest BCUT2D eigenvalue weighted by molar-refractivity contribution is 5.90. The maximum atomic E-state index is 12.4. The number of hydrogen-bond acceptors (Lipinski definition) is 1. The molecule has 1 saturated carbocycles. The number of para-hydroxylation sites is 1. The molecule has 0 unspecified atom stereocenters. The molecule has 1 aromatic rings. The molecule has 1 fully saturated rings. The summed E-state index contributed by atoms with van der Waals surface area (Å²) < 4.78 is 0. The molecule has 2 amide bonds. The van der Waals surface area contributed by atoms with Crippen molar-refractivity contribution in [3.8, 4) is 0 Å². The molecule has 19 heavy (non-hydrogen) atoms. The summed E-state index contributed by atoms with van der Waals surface area (Å²) in [6, 6.07) is 8.21. The number of aryl methyl sites for hydroxylation is 1. The second kappa shape index (κ2) is 6.41. The maximum absolute atomic E-state index is 12.4. The van der Waals surface area contributed by atoms with Crippen LogP contribution in [0.15, 0.2) is 36.9 Å². The van der Waals surface area contributed by atoms with Crippen LogP contribution in [0, 0.1) is 6.92 Å². The van der Waals surface area contributed by atoms with Gasteiger partial charge in [0.1, 0.15) is 0 Å². The standard InChI is InChI=1S/C16H22N2O/c1-3-12-18(14-9-5-6-10-14)16(19)17-15-11-7-4-8-13(15)2/h3-4,7-8,11,14H,1,5-6,9-10,12H2,2H3,(H,17,19). The molecular weight excluding hydrogens is 236 g/mol. The fourth-order valence-electron chi connectivity index (χ4n) is 2.65. The summed E-state index contributed by atoms with van der Waals surface area (Å²) >= 11 is 0. The zero-order valence-corrected chi connectivity index (χ0v) is 11.6. The molecule has 0 aromatic heterocycles. The second-order valence-corrected chi connectivity index (χ2v) is 5.12. The van der Waals surface area contributed by atoms with Crippen LogP contribution in [0.3, 0.4) is 0 Å². The third-order valence-electron chi connectivity index (χ3n) is 3.74. The molecule has 3 nitrogen and oxygen atoms in total. The molecule has 0 atom stereocenters. The van der Waals surface area contributed by atoms with Crippen LogP contribution in [0.25, 0.3) is 0 Å². The SMILES string of the molecule is C=CCN(C(=O)Nc1ccccc1C)C1CCCC1. The first-order valence-corrected chi connectivity index (χ1v) is 6.96. The van der Waals surface area contributed by atoms with Crippen molar-refractivity contribution in [1.29, 1.82) is 0 Å². The molecule has 0 radical (unpaired) electrons. The van der Waals surface area contributed by atoms with Gasteiger partial charge in [0.15, 0.2) is 0 Å². The third-order valence-corrected chi connectivity index (χ3v) is 3.74. The molecule has 0 spiro atoms. The lowest BCUT2D eigenvalue weighted by molar-refractivity contribution is 0.196. The predicted octanol–water partition coefficient (Wildman–Crippen LogP) is 3.96. The summed E-state index contributed by atoms with van der Waals surface area (Å²) in [5.41, 5.74) is 1.97. The Morgan fingerprint density at radius 3 is 2.74 bits per heavy atom. The van der Waals surface area contributed by atoms with Crippen LogP contribution in [-0.2, 0) is 0 Å². The molecule has 102 valence electrons. The van der Waals surface area contributed by atoms with Crippen LogP contribution < -0.4 is 5.32 Å². The quantitative estimate of drug-likeness (QED) is 0.815. The van der Waals surface area contributed by atoms with Crippen molar-refractivity contribution in [2.45, 2.75) is 38.6 Å². The van der Waals surface area contributed by atoms with E-state index in [9.17, 15) is 4.79 Å². The predicted molar refractivity (Wildman–Crippen MR) is 79.4 cm³/mol. The van der Waals surface area contributed by atoms with Gasteiger partial charge in [-0.25, -0.2) is 4.79 Å². The van der Waals surface area contributed by atoms with Gasteiger partial charge >= 0.3 is 6.03 Å². The third kappa shape index (κ3) is 3.37. The Morgan fingerprint density at radius 1 is 1.42 bits per heavy atom. The van der Waals surface area contributed by atoms with E-state index in [1.807, 2.05) is 36.1 Å². The minimum Gasteiger partial charge on any atom is -0.318 e. The summed E-state index contributed by atoms with van der Waals surface area (Å²) in [5, 5.41) is 3.01. The monoisotopic (exact) mass is 258 g/mol. The number of hydrogen-bond donors (Lipinski definition) is 1. The molecule has 1 aromatic carbocycles. The first kappa shape index (κ1) is 13.7. The van der Waals surface area contributed by atoms with E-state index in [4.69, 9.17) is 0 Å². The lowest BCUT2D eigenvalue weighted by Crippen LogP contribution is -2.41. The number of nitrogens with one attached hydrogen (secondary N) is 1. The van der Waals surface area contributed by atoms with Gasteiger partial charge in [0.05, 0.1) is 0 Å². The largest absolute Gasteiger partial charge is 0.322 e. The second-order valence-electron chi connectivity index (χ2n) is 5.12. The topological polar surface area (TPSA) is 32.3 Å². The molecule has 2 rings (SSSR count). The maximum Gasteiger partial charge on any atom is 0.322 e. The molecule has 1 aliphatic carbocycles. The van der Waals surface area contributed by atoms with Gasteiger partial charge in [-0.05, 0) is 31.4 Å². The van der Waals surface area contributed by atoms with Crippen LogP contribution in [0.4, 0.5) is 10.5 Å². The molecule has 1 aliphatic rings. The first-order chi connectivity index (χ1) is 9.22. The van der Waals surface area contributed by atoms with Crippen molar-refractivity contribution in [2.75, 3.05) is 11.9 Å². The van der Waals surface area contributed by atoms with Crippen molar-refractivity contribution in [2.24, 2.45) is 0 Å². The van der Waals surface area contributed by atoms with Gasteiger partial charge in [0.25, 0.3) is 0 Å². The highest BCUT2D eigenvalue weighted by Crippen LogP contribution is 2.24. The molecule has 1 N–H and O–H groups in total. The smallest absolute Gasteiger partial charge is 0.318 e. The van der Waals surface area contributed by atoms with Crippen LogP contribution in [0.1, 0.15) is 31.2 Å². The Morgan fingerprint density at radius 2 is 2.11 bits per heavy atom. The van der Waals surface area contributed by atoms with Crippen molar-refractivity contribution < 1.29 is 4.79 Å². The number of amides is 2. The van der Waals surface area contributed by atoms with E-state index in [1.165, 1.54) is 12.8 Å². The van der Waals surface area contributed by atoms with Gasteiger partial charge in [-0.2, -0.15) is 0 Å². The number of carbonyl (C=O) groups excluding carboxylic acids is 1. The lowest BCUT2D eigenvalue weighted by Gasteiger charge is -2.28. The number of anilines is 1. The zero-order valence-electron chi connectivity index (χ0n) is 11.6. The normalized spacial score (nSPS) is 15.2. The van der Waals surface area contributed by atoms with Crippen molar-refractivity contribution in [3.63, 3.8) is 0 Å². The van der Waals surface area contributed by atoms with E-state index >= 15 is 0 Å². The minimum absolute atomic E-state index is 0.0129. The van der Waals surface area contributed by atoms with Gasteiger partial charge < -0.3 is 10.2 Å². The van der Waals surface area contributed by atoms with Crippen LogP contribution in [0.5, 0.6) is 0 Å². The summed E-state index contributed by atoms with van der Waals surface area (Å²) in [4.78, 5) is 14.3. The Bertz CT molecular complexity index is 450.